The standard InChI is InChI=1S/C4H14O3Si2.C4H9O2Si/c1-8(2,5)7-9(3,4)6;5-7-4-2-1-3-6-7/h5-6H,1-4H3;5H,1-4H2. The second kappa shape index (κ2) is 7.01. The summed E-state index contributed by atoms with van der Waals surface area (Å²) in [5, 5.41) is 0. The van der Waals surface area contributed by atoms with Crippen LogP contribution in [-0.4, -0.2) is 47.4 Å². The second-order valence-corrected chi connectivity index (χ2v) is 12.9. The van der Waals surface area contributed by atoms with Gasteiger partial charge in [-0.05, 0) is 45.1 Å². The molecule has 1 aliphatic rings. The Kier molecular flexibility index (Phi) is 7.21. The minimum Gasteiger partial charge on any atom is -0.415 e. The SMILES string of the molecule is C[Si](C)(O)O[Si](C)(C)O.O[Si]1CCCCO1. The molecule has 0 aromatic heterocycles. The van der Waals surface area contributed by atoms with Gasteiger partial charge >= 0.3 is 26.4 Å². The van der Waals surface area contributed by atoms with Gasteiger partial charge in [-0.1, -0.05) is 0 Å². The Morgan fingerprint density at radius 3 is 1.69 bits per heavy atom. The molecule has 0 bridgehead atoms. The van der Waals surface area contributed by atoms with Gasteiger partial charge < -0.3 is 22.9 Å². The molecule has 0 aromatic rings. The first-order valence-corrected chi connectivity index (χ1v) is 12.7. The van der Waals surface area contributed by atoms with Crippen molar-refractivity contribution in [2.45, 2.75) is 45.1 Å². The van der Waals surface area contributed by atoms with Gasteiger partial charge in [-0.2, -0.15) is 0 Å². The van der Waals surface area contributed by atoms with Crippen molar-refractivity contribution in [3.8, 4) is 0 Å². The summed E-state index contributed by atoms with van der Waals surface area (Å²) in [6, 6.07) is 0.921. The molecule has 1 radical (unpaired) electrons. The second-order valence-electron chi connectivity index (χ2n) is 4.69. The van der Waals surface area contributed by atoms with E-state index in [4.69, 9.17) is 22.9 Å². The van der Waals surface area contributed by atoms with Crippen molar-refractivity contribution < 1.29 is 22.9 Å². The lowest BCUT2D eigenvalue weighted by Crippen LogP contribution is -2.44. The maximum Gasteiger partial charge on any atom is 0.381 e. The molecule has 0 saturated carbocycles. The van der Waals surface area contributed by atoms with Crippen LogP contribution in [0.25, 0.3) is 0 Å². The van der Waals surface area contributed by atoms with Crippen LogP contribution in [0.15, 0.2) is 0 Å². The zero-order chi connectivity index (χ0) is 12.8. The highest BCUT2D eigenvalue weighted by molar-refractivity contribution is 6.77. The van der Waals surface area contributed by atoms with Gasteiger partial charge in [0, 0.05) is 6.61 Å². The van der Waals surface area contributed by atoms with Crippen molar-refractivity contribution >= 4 is 26.4 Å². The Bertz CT molecular complexity index is 171. The highest BCUT2D eigenvalue weighted by atomic mass is 28.5. The van der Waals surface area contributed by atoms with Gasteiger partial charge in [-0.25, -0.2) is 0 Å². The molecule has 0 unspecified atom stereocenters. The fourth-order valence-corrected chi connectivity index (χ4v) is 7.22. The molecule has 8 heteroatoms. The van der Waals surface area contributed by atoms with E-state index in [1.807, 2.05) is 0 Å². The molecule has 3 N–H and O–H groups in total. The van der Waals surface area contributed by atoms with Gasteiger partial charge in [0.1, 0.15) is 0 Å². The molecular weight excluding hydrogens is 260 g/mol. The van der Waals surface area contributed by atoms with Crippen LogP contribution in [0.4, 0.5) is 0 Å². The summed E-state index contributed by atoms with van der Waals surface area (Å²) in [5.41, 5.74) is 0. The lowest BCUT2D eigenvalue weighted by Gasteiger charge is -2.23. The topological polar surface area (TPSA) is 79.2 Å². The Morgan fingerprint density at radius 2 is 1.56 bits per heavy atom. The molecule has 1 saturated heterocycles. The van der Waals surface area contributed by atoms with Crippen LogP contribution in [0, 0.1) is 0 Å². The van der Waals surface area contributed by atoms with E-state index in [-0.39, 0.29) is 0 Å². The highest BCUT2D eigenvalue weighted by Gasteiger charge is 2.30. The number of rotatable bonds is 2. The Labute approximate surface area is 101 Å². The average Bonchev–Trinajstić information content (AvgIpc) is 1.99. The Balaban J connectivity index is 0.000000288. The molecule has 16 heavy (non-hydrogen) atoms. The lowest BCUT2D eigenvalue weighted by molar-refractivity contribution is 0.231. The molecule has 1 fully saturated rings. The summed E-state index contributed by atoms with van der Waals surface area (Å²) in [6.45, 7) is 7.33. The third-order valence-corrected chi connectivity index (χ3v) is 6.87. The van der Waals surface area contributed by atoms with Gasteiger partial charge in [0.15, 0.2) is 0 Å². The summed E-state index contributed by atoms with van der Waals surface area (Å²) in [5.74, 6) is 0. The zero-order valence-corrected chi connectivity index (χ0v) is 13.5. The summed E-state index contributed by atoms with van der Waals surface area (Å²) in [6.07, 6.45) is 2.29. The van der Waals surface area contributed by atoms with Crippen molar-refractivity contribution in [3.05, 3.63) is 0 Å². The van der Waals surface area contributed by atoms with Gasteiger partial charge in [-0.15, -0.1) is 0 Å². The number of hydrogen-bond donors (Lipinski definition) is 3. The summed E-state index contributed by atoms with van der Waals surface area (Å²) < 4.78 is 9.95. The fourth-order valence-electron chi connectivity index (χ4n) is 1.25. The van der Waals surface area contributed by atoms with E-state index in [0.29, 0.717) is 0 Å². The third kappa shape index (κ3) is 12.5. The molecular formula is C8H23O5Si3. The lowest BCUT2D eigenvalue weighted by atomic mass is 10.4. The van der Waals surface area contributed by atoms with E-state index in [1.54, 1.807) is 26.2 Å². The average molecular weight is 284 g/mol. The monoisotopic (exact) mass is 283 g/mol. The predicted molar refractivity (Wildman–Crippen MR) is 68.5 cm³/mol. The van der Waals surface area contributed by atoms with Crippen LogP contribution in [-0.2, 0) is 8.54 Å². The fraction of sp³-hybridized carbons (Fsp3) is 1.00. The van der Waals surface area contributed by atoms with Crippen LogP contribution < -0.4 is 0 Å². The van der Waals surface area contributed by atoms with Crippen molar-refractivity contribution in [1.29, 1.82) is 0 Å². The van der Waals surface area contributed by atoms with Crippen molar-refractivity contribution in [1.82, 2.24) is 0 Å². The minimum absolute atomic E-state index is 0.783. The van der Waals surface area contributed by atoms with Crippen LogP contribution in [0.1, 0.15) is 12.8 Å². The van der Waals surface area contributed by atoms with Gasteiger partial charge in [0.2, 0.25) is 0 Å². The van der Waals surface area contributed by atoms with Crippen molar-refractivity contribution in [3.63, 3.8) is 0 Å². The first-order chi connectivity index (χ1) is 7.10. The first kappa shape index (κ1) is 16.5. The first-order valence-electron chi connectivity index (χ1n) is 5.43. The molecule has 1 heterocycles. The van der Waals surface area contributed by atoms with Crippen LogP contribution in [0.2, 0.25) is 32.2 Å². The molecule has 0 atom stereocenters. The van der Waals surface area contributed by atoms with Crippen molar-refractivity contribution in [2.24, 2.45) is 0 Å². The molecule has 0 aromatic carbocycles. The van der Waals surface area contributed by atoms with Crippen LogP contribution in [0.5, 0.6) is 0 Å². The molecule has 1 aliphatic heterocycles. The van der Waals surface area contributed by atoms with Crippen LogP contribution in [0.3, 0.4) is 0 Å². The maximum atomic E-state index is 9.14. The Hall–Kier alpha value is 0.451. The van der Waals surface area contributed by atoms with Gasteiger partial charge in [0.25, 0.3) is 0 Å². The summed E-state index contributed by atoms with van der Waals surface area (Å²) in [7, 11) is -6.25. The maximum absolute atomic E-state index is 9.14. The van der Waals surface area contributed by atoms with E-state index < -0.39 is 26.4 Å². The van der Waals surface area contributed by atoms with E-state index in [1.165, 1.54) is 0 Å². The Morgan fingerprint density at radius 1 is 1.06 bits per heavy atom. The van der Waals surface area contributed by atoms with E-state index in [2.05, 4.69) is 0 Å². The molecule has 5 nitrogen and oxygen atoms in total. The van der Waals surface area contributed by atoms with E-state index in [0.717, 1.165) is 25.5 Å². The molecule has 1 rings (SSSR count). The highest BCUT2D eigenvalue weighted by Crippen LogP contribution is 2.07. The molecule has 0 amide bonds. The predicted octanol–water partition coefficient (Wildman–Crippen LogP) is 0.668. The van der Waals surface area contributed by atoms with Gasteiger partial charge in [0.05, 0.1) is 0 Å². The van der Waals surface area contributed by atoms with E-state index >= 15 is 0 Å². The smallest absolute Gasteiger partial charge is 0.381 e. The summed E-state index contributed by atoms with van der Waals surface area (Å²) >= 11 is 0. The molecule has 0 spiro atoms. The largest absolute Gasteiger partial charge is 0.415 e. The molecule has 97 valence electrons. The molecule has 0 aliphatic carbocycles. The van der Waals surface area contributed by atoms with Crippen LogP contribution >= 0.6 is 0 Å². The number of hydrogen-bond acceptors (Lipinski definition) is 5. The quantitative estimate of drug-likeness (QED) is 0.649. The van der Waals surface area contributed by atoms with E-state index in [9.17, 15) is 0 Å². The normalized spacial score (nSPS) is 18.9. The van der Waals surface area contributed by atoms with Gasteiger partial charge in [-0.3, -0.25) is 0 Å². The summed E-state index contributed by atoms with van der Waals surface area (Å²) in [4.78, 5) is 27.1. The third-order valence-electron chi connectivity index (χ3n) is 1.55. The zero-order valence-electron chi connectivity index (χ0n) is 10.5. The van der Waals surface area contributed by atoms with Crippen molar-refractivity contribution in [2.75, 3.05) is 6.61 Å². The minimum atomic E-state index is -2.48.